The van der Waals surface area contributed by atoms with E-state index in [1.165, 1.54) is 40.2 Å². The van der Waals surface area contributed by atoms with Crippen molar-refractivity contribution in [1.29, 1.82) is 0 Å². The van der Waals surface area contributed by atoms with Crippen molar-refractivity contribution in [2.75, 3.05) is 61.8 Å². The van der Waals surface area contributed by atoms with Gasteiger partial charge in [0.25, 0.3) is 0 Å². The van der Waals surface area contributed by atoms with Crippen LogP contribution in [0, 0.1) is 18.8 Å². The summed E-state index contributed by atoms with van der Waals surface area (Å²) in [5.41, 5.74) is 4.19. The number of fused-ring (bicyclic) bond motifs is 1. The monoisotopic (exact) mass is 542 g/mol. The Bertz CT molecular complexity index is 1290. The molecule has 4 aliphatic rings. The Morgan fingerprint density at radius 2 is 1.84 bits per heavy atom. The average molecular weight is 543 g/mol. The Morgan fingerprint density at radius 3 is 2.55 bits per heavy atom. The first-order chi connectivity index (χ1) is 18.2. The lowest BCUT2D eigenvalue weighted by molar-refractivity contribution is 0.0585. The third-order valence-corrected chi connectivity index (χ3v) is 9.54. The minimum Gasteiger partial charge on any atom is -0.381 e. The van der Waals surface area contributed by atoms with Crippen LogP contribution in [0.4, 0.5) is 16.3 Å². The Hall–Kier alpha value is -2.63. The third kappa shape index (κ3) is 5.03. The van der Waals surface area contributed by atoms with Gasteiger partial charge in [-0.05, 0) is 56.3 Å². The van der Waals surface area contributed by atoms with Crippen molar-refractivity contribution in [3.8, 4) is 0 Å². The van der Waals surface area contributed by atoms with Gasteiger partial charge >= 0.3 is 6.03 Å². The van der Waals surface area contributed by atoms with Gasteiger partial charge in [-0.3, -0.25) is 9.62 Å². The van der Waals surface area contributed by atoms with E-state index in [-0.39, 0.29) is 17.4 Å². The lowest BCUT2D eigenvalue weighted by Crippen LogP contribution is -2.53. The lowest BCUT2D eigenvalue weighted by Gasteiger charge is -2.45. The normalized spacial score (nSPS) is 25.3. The van der Waals surface area contributed by atoms with Crippen molar-refractivity contribution in [3.63, 3.8) is 0 Å². The van der Waals surface area contributed by atoms with Crippen LogP contribution in [0.2, 0.25) is 0 Å². The van der Waals surface area contributed by atoms with Crippen molar-refractivity contribution in [3.05, 3.63) is 41.6 Å². The van der Waals surface area contributed by atoms with Gasteiger partial charge in [0.15, 0.2) is 5.82 Å². The zero-order valence-corrected chi connectivity index (χ0v) is 23.1. The van der Waals surface area contributed by atoms with Gasteiger partial charge in [0.1, 0.15) is 0 Å². The molecule has 2 atom stereocenters. The van der Waals surface area contributed by atoms with Gasteiger partial charge in [-0.25, -0.2) is 13.2 Å². The molecular formula is C27H38N6O4S. The first kappa shape index (κ1) is 25.6. The summed E-state index contributed by atoms with van der Waals surface area (Å²) in [5.74, 6) is 1.45. The highest BCUT2D eigenvalue weighted by Gasteiger charge is 2.44. The molecule has 4 fully saturated rings. The summed E-state index contributed by atoms with van der Waals surface area (Å²) in [6.45, 7) is 9.47. The first-order valence-corrected chi connectivity index (χ1v) is 15.6. The number of anilines is 2. The molecule has 0 bridgehead atoms. The Morgan fingerprint density at radius 1 is 1.11 bits per heavy atom. The van der Waals surface area contributed by atoms with Crippen LogP contribution < -0.4 is 9.62 Å². The maximum absolute atomic E-state index is 13.1. The molecule has 1 aromatic carbocycles. The van der Waals surface area contributed by atoms with Crippen LogP contribution in [-0.4, -0.2) is 91.8 Å². The van der Waals surface area contributed by atoms with Gasteiger partial charge in [-0.15, -0.1) is 5.10 Å². The van der Waals surface area contributed by atoms with E-state index >= 15 is 0 Å². The number of aryl methyl sites for hydroxylation is 1. The average Bonchev–Trinajstić information content (AvgIpc) is 3.65. The smallest absolute Gasteiger partial charge is 0.344 e. The highest BCUT2D eigenvalue weighted by Crippen LogP contribution is 2.41. The maximum atomic E-state index is 13.1. The summed E-state index contributed by atoms with van der Waals surface area (Å²) in [6.07, 6.45) is 6.78. The molecule has 1 amide bonds. The molecule has 6 rings (SSSR count). The standard InChI is InChI=1S/C27H38N6O4S/c1-20-4-5-21(24(14-20)31-15-22-18-37-19-23(22)16-31)17-32-10-3-7-27(32)8-12-30(13-9-27)26(34)33-11-6-25(28-33)29-38(2,35)36/h4-6,11,14,22-23H,3,7-10,12-13,15-19H2,1-2H3,(H,28,29). The second kappa shape index (κ2) is 9.84. The molecule has 206 valence electrons. The first-order valence-electron chi connectivity index (χ1n) is 13.7. The van der Waals surface area contributed by atoms with Gasteiger partial charge in [-0.1, -0.05) is 12.1 Å². The van der Waals surface area contributed by atoms with Crippen molar-refractivity contribution in [2.45, 2.75) is 44.7 Å². The summed E-state index contributed by atoms with van der Waals surface area (Å²) in [5, 5.41) is 4.12. The SMILES string of the molecule is Cc1ccc(CN2CCCC23CCN(C(=O)n2ccc(NS(C)(=O)=O)n2)CC3)c(N2CC3COCC3C2)c1. The van der Waals surface area contributed by atoms with Gasteiger partial charge in [0.05, 0.1) is 19.5 Å². The molecular weight excluding hydrogens is 504 g/mol. The maximum Gasteiger partial charge on any atom is 0.344 e. The van der Waals surface area contributed by atoms with E-state index < -0.39 is 10.0 Å². The highest BCUT2D eigenvalue weighted by molar-refractivity contribution is 7.92. The lowest BCUT2D eigenvalue weighted by atomic mass is 9.84. The number of rotatable bonds is 5. The summed E-state index contributed by atoms with van der Waals surface area (Å²) >= 11 is 0. The molecule has 11 heteroatoms. The number of hydrogen-bond donors (Lipinski definition) is 1. The fourth-order valence-corrected chi connectivity index (χ4v) is 7.42. The number of ether oxygens (including phenoxy) is 1. The predicted molar refractivity (Wildman–Crippen MR) is 146 cm³/mol. The highest BCUT2D eigenvalue weighted by atomic mass is 32.2. The van der Waals surface area contributed by atoms with E-state index in [1.54, 1.807) is 0 Å². The van der Waals surface area contributed by atoms with Crippen molar-refractivity contribution in [1.82, 2.24) is 19.6 Å². The van der Waals surface area contributed by atoms with E-state index in [9.17, 15) is 13.2 Å². The van der Waals surface area contributed by atoms with Crippen LogP contribution in [-0.2, 0) is 21.3 Å². The van der Waals surface area contributed by atoms with Gasteiger partial charge < -0.3 is 14.5 Å². The predicted octanol–water partition coefficient (Wildman–Crippen LogP) is 2.74. The van der Waals surface area contributed by atoms with Crippen LogP contribution in [0.3, 0.4) is 0 Å². The van der Waals surface area contributed by atoms with Gasteiger partial charge in [0.2, 0.25) is 10.0 Å². The van der Waals surface area contributed by atoms with E-state index in [0.717, 1.165) is 64.9 Å². The fraction of sp³-hybridized carbons (Fsp3) is 0.630. The molecule has 1 N–H and O–H groups in total. The number of nitrogens with zero attached hydrogens (tertiary/aromatic N) is 5. The number of hydrogen-bond acceptors (Lipinski definition) is 7. The van der Waals surface area contributed by atoms with Crippen molar-refractivity contribution >= 4 is 27.6 Å². The molecule has 2 unspecified atom stereocenters. The summed E-state index contributed by atoms with van der Waals surface area (Å²) < 4.78 is 32.2. The summed E-state index contributed by atoms with van der Waals surface area (Å²) in [4.78, 5) is 20.2. The fourth-order valence-electron chi connectivity index (χ4n) is 6.93. The van der Waals surface area contributed by atoms with E-state index in [4.69, 9.17) is 4.74 Å². The second-order valence-electron chi connectivity index (χ2n) is 11.6. The molecule has 0 saturated carbocycles. The quantitative estimate of drug-likeness (QED) is 0.620. The van der Waals surface area contributed by atoms with Gasteiger partial charge in [0, 0.05) is 68.0 Å². The number of aromatic nitrogens is 2. The molecule has 5 heterocycles. The molecule has 0 radical (unpaired) electrons. The summed E-state index contributed by atoms with van der Waals surface area (Å²) in [6, 6.07) is 8.20. The minimum absolute atomic E-state index is 0.113. The molecule has 10 nitrogen and oxygen atoms in total. The molecule has 1 aromatic heterocycles. The second-order valence-corrected chi connectivity index (χ2v) is 13.4. The van der Waals surface area contributed by atoms with Gasteiger partial charge in [-0.2, -0.15) is 4.68 Å². The van der Waals surface area contributed by atoms with Crippen LogP contribution in [0.15, 0.2) is 30.5 Å². The number of carbonyl (C=O) groups excluding carboxylic acids is 1. The number of nitrogens with one attached hydrogen (secondary N) is 1. The Labute approximate surface area is 225 Å². The molecule has 4 saturated heterocycles. The van der Waals surface area contributed by atoms with Crippen molar-refractivity contribution in [2.24, 2.45) is 11.8 Å². The third-order valence-electron chi connectivity index (χ3n) is 8.96. The Kier molecular flexibility index (Phi) is 6.64. The molecule has 1 spiro atoms. The Balaban J connectivity index is 1.13. The van der Waals surface area contributed by atoms with E-state index in [1.807, 2.05) is 4.90 Å². The number of benzene rings is 1. The zero-order chi connectivity index (χ0) is 26.5. The minimum atomic E-state index is -3.44. The van der Waals surface area contributed by atoms with Crippen LogP contribution >= 0.6 is 0 Å². The van der Waals surface area contributed by atoms with Crippen LogP contribution in [0.5, 0.6) is 0 Å². The topological polar surface area (TPSA) is 100 Å². The summed E-state index contributed by atoms with van der Waals surface area (Å²) in [7, 11) is -3.44. The largest absolute Gasteiger partial charge is 0.381 e. The number of carbonyl (C=O) groups is 1. The molecule has 38 heavy (non-hydrogen) atoms. The number of likely N-dealkylation sites (tertiary alicyclic amines) is 2. The number of sulfonamides is 1. The van der Waals surface area contributed by atoms with Crippen LogP contribution in [0.25, 0.3) is 0 Å². The number of amides is 1. The molecule has 4 aliphatic heterocycles. The molecule has 0 aliphatic carbocycles. The van der Waals surface area contributed by atoms with Crippen molar-refractivity contribution < 1.29 is 17.9 Å². The van der Waals surface area contributed by atoms with E-state index in [2.05, 4.69) is 44.7 Å². The molecule has 2 aromatic rings. The number of piperidine rings is 1. The zero-order valence-electron chi connectivity index (χ0n) is 22.3. The van der Waals surface area contributed by atoms with E-state index in [0.29, 0.717) is 24.9 Å². The van der Waals surface area contributed by atoms with Crippen LogP contribution in [0.1, 0.15) is 36.8 Å².